The van der Waals surface area contributed by atoms with Crippen LogP contribution in [0.5, 0.6) is 0 Å². The van der Waals surface area contributed by atoms with Crippen molar-refractivity contribution in [2.45, 2.75) is 39.7 Å². The van der Waals surface area contributed by atoms with Gasteiger partial charge in [-0.15, -0.1) is 10.2 Å². The Balaban J connectivity index is 1.38. The van der Waals surface area contributed by atoms with Crippen molar-refractivity contribution in [2.24, 2.45) is 5.92 Å². The van der Waals surface area contributed by atoms with Gasteiger partial charge in [0.2, 0.25) is 11.6 Å². The van der Waals surface area contributed by atoms with Crippen molar-refractivity contribution in [3.8, 4) is 22.5 Å². The smallest absolute Gasteiger partial charge is 0.217 e. The van der Waals surface area contributed by atoms with Gasteiger partial charge in [-0.1, -0.05) is 92.7 Å². The molecular formula is C29H29N7O. The van der Waals surface area contributed by atoms with Gasteiger partial charge in [-0.2, -0.15) is 0 Å². The molecule has 0 fully saturated rings. The SMILES string of the molecule is CC(C)CCn1nc(C(=O)Cc2ccccc2)nc1Cc1ccc(-c2ccccc2-c2nnn[nH]2)cc1. The van der Waals surface area contributed by atoms with Crippen LogP contribution in [0.4, 0.5) is 0 Å². The first-order chi connectivity index (χ1) is 18.1. The van der Waals surface area contributed by atoms with Gasteiger partial charge in [0, 0.05) is 24.9 Å². The lowest BCUT2D eigenvalue weighted by Crippen LogP contribution is -2.09. The topological polar surface area (TPSA) is 102 Å². The van der Waals surface area contributed by atoms with E-state index in [1.807, 2.05) is 53.2 Å². The Bertz CT molecular complexity index is 1460. The van der Waals surface area contributed by atoms with E-state index in [2.05, 4.69) is 74.9 Å². The molecule has 3 aromatic carbocycles. The predicted molar refractivity (Wildman–Crippen MR) is 142 cm³/mol. The molecule has 0 aliphatic rings. The highest BCUT2D eigenvalue weighted by Crippen LogP contribution is 2.30. The Hall–Kier alpha value is -4.46. The van der Waals surface area contributed by atoms with Crippen LogP contribution in [0.3, 0.4) is 0 Å². The van der Waals surface area contributed by atoms with Crippen molar-refractivity contribution in [1.82, 2.24) is 35.4 Å². The summed E-state index contributed by atoms with van der Waals surface area (Å²) >= 11 is 0. The standard InChI is InChI=1S/C29H29N7O/c1-20(2)16-17-36-27(30-29(33-36)26(37)18-21-8-4-3-5-9-21)19-22-12-14-23(15-13-22)24-10-6-7-11-25(24)28-31-34-35-32-28/h3-15,20H,16-19H2,1-2H3,(H,31,32,34,35). The van der Waals surface area contributed by atoms with Crippen molar-refractivity contribution in [3.63, 3.8) is 0 Å². The lowest BCUT2D eigenvalue weighted by Gasteiger charge is -2.10. The molecule has 5 aromatic rings. The maximum atomic E-state index is 12.9. The number of H-pyrrole nitrogens is 1. The molecule has 2 aromatic heterocycles. The molecule has 1 N–H and O–H groups in total. The highest BCUT2D eigenvalue weighted by molar-refractivity contribution is 5.94. The first-order valence-electron chi connectivity index (χ1n) is 12.5. The fraction of sp³-hybridized carbons (Fsp3) is 0.241. The second kappa shape index (κ2) is 11.1. The minimum absolute atomic E-state index is 0.0652. The molecule has 0 amide bonds. The van der Waals surface area contributed by atoms with E-state index < -0.39 is 0 Å². The Morgan fingerprint density at radius 2 is 1.62 bits per heavy atom. The third-order valence-corrected chi connectivity index (χ3v) is 6.28. The monoisotopic (exact) mass is 491 g/mol. The van der Waals surface area contributed by atoms with E-state index in [1.165, 1.54) is 0 Å². The molecule has 8 heteroatoms. The predicted octanol–water partition coefficient (Wildman–Crippen LogP) is 5.19. The number of aryl methyl sites for hydroxylation is 1. The van der Waals surface area contributed by atoms with E-state index in [4.69, 9.17) is 0 Å². The summed E-state index contributed by atoms with van der Waals surface area (Å²) in [4.78, 5) is 17.6. The number of rotatable bonds is 10. The zero-order chi connectivity index (χ0) is 25.6. The Morgan fingerprint density at radius 1 is 0.892 bits per heavy atom. The lowest BCUT2D eigenvalue weighted by atomic mass is 9.98. The zero-order valence-electron chi connectivity index (χ0n) is 21.0. The number of hydrogen-bond donors (Lipinski definition) is 1. The van der Waals surface area contributed by atoms with Crippen molar-refractivity contribution in [1.29, 1.82) is 0 Å². The van der Waals surface area contributed by atoms with Gasteiger partial charge in [-0.25, -0.2) is 14.8 Å². The Kier molecular flexibility index (Phi) is 7.26. The van der Waals surface area contributed by atoms with Gasteiger partial charge in [0.1, 0.15) is 5.82 Å². The number of hydrogen-bond acceptors (Lipinski definition) is 6. The van der Waals surface area contributed by atoms with Crippen LogP contribution in [0.2, 0.25) is 0 Å². The maximum Gasteiger partial charge on any atom is 0.217 e. The van der Waals surface area contributed by atoms with Gasteiger partial charge in [0.15, 0.2) is 5.82 Å². The molecule has 0 unspecified atom stereocenters. The summed E-state index contributed by atoms with van der Waals surface area (Å²) in [5.41, 5.74) is 5.11. The molecule has 5 rings (SSSR count). The molecule has 8 nitrogen and oxygen atoms in total. The second-order valence-corrected chi connectivity index (χ2v) is 9.51. The van der Waals surface area contributed by atoms with Crippen LogP contribution < -0.4 is 0 Å². The van der Waals surface area contributed by atoms with Crippen LogP contribution in [0.15, 0.2) is 78.9 Å². The fourth-order valence-corrected chi connectivity index (χ4v) is 4.24. The molecular weight excluding hydrogens is 462 g/mol. The summed E-state index contributed by atoms with van der Waals surface area (Å²) in [6.07, 6.45) is 1.86. The zero-order valence-corrected chi connectivity index (χ0v) is 21.0. The van der Waals surface area contributed by atoms with E-state index in [1.54, 1.807) is 0 Å². The van der Waals surface area contributed by atoms with Crippen molar-refractivity contribution in [3.05, 3.63) is 102 Å². The van der Waals surface area contributed by atoms with Gasteiger partial charge >= 0.3 is 0 Å². The number of ketones is 1. The molecule has 2 heterocycles. The lowest BCUT2D eigenvalue weighted by molar-refractivity contribution is 0.0982. The molecule has 0 bridgehead atoms. The first-order valence-corrected chi connectivity index (χ1v) is 12.5. The highest BCUT2D eigenvalue weighted by Gasteiger charge is 2.18. The van der Waals surface area contributed by atoms with E-state index in [9.17, 15) is 4.79 Å². The molecule has 0 aliphatic heterocycles. The number of carbonyl (C=O) groups excluding carboxylic acids is 1. The van der Waals surface area contributed by atoms with Gasteiger partial charge < -0.3 is 0 Å². The molecule has 0 atom stereocenters. The average molecular weight is 492 g/mol. The number of benzene rings is 3. The molecule has 0 spiro atoms. The third-order valence-electron chi connectivity index (χ3n) is 6.28. The van der Waals surface area contributed by atoms with Gasteiger partial charge in [0.25, 0.3) is 0 Å². The van der Waals surface area contributed by atoms with E-state index in [0.29, 0.717) is 24.6 Å². The van der Waals surface area contributed by atoms with E-state index in [-0.39, 0.29) is 11.6 Å². The number of nitrogens with one attached hydrogen (secondary N) is 1. The van der Waals surface area contributed by atoms with Crippen LogP contribution in [-0.4, -0.2) is 41.2 Å². The second-order valence-electron chi connectivity index (χ2n) is 9.51. The van der Waals surface area contributed by atoms with E-state index in [0.717, 1.165) is 46.6 Å². The number of tetrazole rings is 1. The number of Topliss-reactive ketones (excluding diaryl/α,β-unsaturated/α-hetero) is 1. The number of nitrogens with zero attached hydrogens (tertiary/aromatic N) is 6. The number of aromatic amines is 1. The highest BCUT2D eigenvalue weighted by atomic mass is 16.1. The molecule has 0 saturated heterocycles. The largest absolute Gasteiger partial charge is 0.290 e. The minimum atomic E-state index is -0.0652. The van der Waals surface area contributed by atoms with Gasteiger partial charge in [0.05, 0.1) is 0 Å². The van der Waals surface area contributed by atoms with E-state index >= 15 is 0 Å². The molecule has 0 saturated carbocycles. The summed E-state index contributed by atoms with van der Waals surface area (Å²) < 4.78 is 1.90. The third kappa shape index (κ3) is 5.86. The van der Waals surface area contributed by atoms with Crippen LogP contribution >= 0.6 is 0 Å². The van der Waals surface area contributed by atoms with Crippen molar-refractivity contribution in [2.75, 3.05) is 0 Å². The quantitative estimate of drug-likeness (QED) is 0.270. The van der Waals surface area contributed by atoms with Gasteiger partial charge in [-0.05, 0) is 45.0 Å². The van der Waals surface area contributed by atoms with Crippen molar-refractivity contribution < 1.29 is 4.79 Å². The molecule has 0 aliphatic carbocycles. The van der Waals surface area contributed by atoms with Crippen molar-refractivity contribution >= 4 is 5.78 Å². The van der Waals surface area contributed by atoms with Crippen LogP contribution in [0.25, 0.3) is 22.5 Å². The van der Waals surface area contributed by atoms with Crippen LogP contribution in [0, 0.1) is 5.92 Å². The molecule has 37 heavy (non-hydrogen) atoms. The summed E-state index contributed by atoms with van der Waals surface area (Å²) in [5, 5.41) is 18.9. The summed E-state index contributed by atoms with van der Waals surface area (Å²) in [7, 11) is 0. The number of aromatic nitrogens is 7. The van der Waals surface area contributed by atoms with Crippen LogP contribution in [-0.2, 0) is 19.4 Å². The molecule has 0 radical (unpaired) electrons. The Labute approximate surface area is 215 Å². The maximum absolute atomic E-state index is 12.9. The summed E-state index contributed by atoms with van der Waals surface area (Å²) in [5.74, 6) is 2.18. The fourth-order valence-electron chi connectivity index (χ4n) is 4.24. The molecule has 186 valence electrons. The normalized spacial score (nSPS) is 11.2. The number of carbonyl (C=O) groups is 1. The summed E-state index contributed by atoms with van der Waals surface area (Å²) in [6, 6.07) is 26.1. The Morgan fingerprint density at radius 3 is 2.32 bits per heavy atom. The van der Waals surface area contributed by atoms with Gasteiger partial charge in [-0.3, -0.25) is 4.79 Å². The first kappa shape index (κ1) is 24.2. The van der Waals surface area contributed by atoms with Crippen LogP contribution in [0.1, 0.15) is 47.8 Å². The summed E-state index contributed by atoms with van der Waals surface area (Å²) in [6.45, 7) is 5.10. The minimum Gasteiger partial charge on any atom is -0.290 e. The average Bonchev–Trinajstić information content (AvgIpc) is 3.59.